The van der Waals surface area contributed by atoms with Gasteiger partial charge in [-0.2, -0.15) is 5.26 Å². The molecule has 0 unspecified atom stereocenters. The molecule has 0 saturated carbocycles. The van der Waals surface area contributed by atoms with E-state index < -0.39 is 0 Å². The summed E-state index contributed by atoms with van der Waals surface area (Å²) in [6, 6.07) is 13.0. The Morgan fingerprint density at radius 3 is 2.59 bits per heavy atom. The zero-order valence-electron chi connectivity index (χ0n) is 17.8. The lowest BCUT2D eigenvalue weighted by Gasteiger charge is -2.34. The van der Waals surface area contributed by atoms with E-state index in [2.05, 4.69) is 38.2 Å². The molecular formula is C23H22Cl2N6O. The van der Waals surface area contributed by atoms with E-state index >= 15 is 0 Å². The van der Waals surface area contributed by atoms with E-state index in [4.69, 9.17) is 27.9 Å². The van der Waals surface area contributed by atoms with E-state index in [0.29, 0.717) is 32.8 Å². The molecule has 164 valence electrons. The highest BCUT2D eigenvalue weighted by Crippen LogP contribution is 2.34. The van der Waals surface area contributed by atoms with Crippen molar-refractivity contribution in [2.75, 3.05) is 50.6 Å². The third kappa shape index (κ3) is 4.89. The number of aromatic nitrogens is 2. The maximum atomic E-state index is 9.23. The van der Waals surface area contributed by atoms with Crippen LogP contribution in [0.2, 0.25) is 10.0 Å². The SMILES string of the molecule is COc1cc(Nc2ncc(Cl)c(-c3cc(Cl)cc(C#N)c3)n2)ccc1N1CCN(C)CC1. The summed E-state index contributed by atoms with van der Waals surface area (Å²) in [4.78, 5) is 13.5. The summed E-state index contributed by atoms with van der Waals surface area (Å²) in [6.07, 6.45) is 1.52. The second-order valence-corrected chi connectivity index (χ2v) is 8.38. The van der Waals surface area contributed by atoms with E-state index in [1.54, 1.807) is 25.3 Å². The first-order valence-electron chi connectivity index (χ1n) is 10.1. The number of nitrogens with one attached hydrogen (secondary N) is 1. The highest BCUT2D eigenvalue weighted by Gasteiger charge is 2.18. The fourth-order valence-corrected chi connectivity index (χ4v) is 4.05. The van der Waals surface area contributed by atoms with Gasteiger partial charge in [0, 0.05) is 48.5 Å². The van der Waals surface area contributed by atoms with Crippen LogP contribution in [0.4, 0.5) is 17.3 Å². The van der Waals surface area contributed by atoms with Crippen LogP contribution in [-0.4, -0.2) is 55.2 Å². The topological polar surface area (TPSA) is 77.3 Å². The Morgan fingerprint density at radius 2 is 1.88 bits per heavy atom. The van der Waals surface area contributed by atoms with Gasteiger partial charge < -0.3 is 19.9 Å². The van der Waals surface area contributed by atoms with Gasteiger partial charge in [0.05, 0.1) is 41.3 Å². The highest BCUT2D eigenvalue weighted by atomic mass is 35.5. The average Bonchev–Trinajstić information content (AvgIpc) is 2.80. The van der Waals surface area contributed by atoms with Crippen molar-refractivity contribution in [3.63, 3.8) is 0 Å². The van der Waals surface area contributed by atoms with Crippen molar-refractivity contribution in [3.05, 3.63) is 58.2 Å². The molecule has 9 heteroatoms. The van der Waals surface area contributed by atoms with Gasteiger partial charge in [-0.25, -0.2) is 9.97 Å². The molecule has 1 N–H and O–H groups in total. The normalized spacial score (nSPS) is 14.2. The van der Waals surface area contributed by atoms with Crippen molar-refractivity contribution in [3.8, 4) is 23.1 Å². The lowest BCUT2D eigenvalue weighted by Crippen LogP contribution is -2.44. The molecule has 1 fully saturated rings. The molecule has 4 rings (SSSR count). The van der Waals surface area contributed by atoms with Gasteiger partial charge >= 0.3 is 0 Å². The van der Waals surface area contributed by atoms with E-state index in [9.17, 15) is 5.26 Å². The quantitative estimate of drug-likeness (QED) is 0.574. The number of rotatable bonds is 5. The van der Waals surface area contributed by atoms with Crippen molar-refractivity contribution in [2.24, 2.45) is 0 Å². The number of likely N-dealkylation sites (N-methyl/N-ethyl adjacent to an activating group) is 1. The summed E-state index contributed by atoms with van der Waals surface area (Å²) in [7, 11) is 3.80. The van der Waals surface area contributed by atoms with E-state index in [1.807, 2.05) is 18.2 Å². The molecule has 0 bridgehead atoms. The monoisotopic (exact) mass is 468 g/mol. The van der Waals surface area contributed by atoms with Crippen molar-refractivity contribution < 1.29 is 4.74 Å². The second kappa shape index (κ2) is 9.61. The molecular weight excluding hydrogens is 447 g/mol. The molecule has 3 aromatic rings. The van der Waals surface area contributed by atoms with Crippen LogP contribution in [0.3, 0.4) is 0 Å². The molecule has 32 heavy (non-hydrogen) atoms. The summed E-state index contributed by atoms with van der Waals surface area (Å²) in [6.45, 7) is 3.93. The van der Waals surface area contributed by atoms with Crippen LogP contribution in [0.1, 0.15) is 5.56 Å². The lowest BCUT2D eigenvalue weighted by molar-refractivity contribution is 0.311. The number of methoxy groups -OCH3 is 1. The maximum absolute atomic E-state index is 9.23. The summed E-state index contributed by atoms with van der Waals surface area (Å²) < 4.78 is 5.65. The molecule has 0 atom stereocenters. The first kappa shape index (κ1) is 22.2. The Bertz CT molecular complexity index is 1170. The third-order valence-corrected chi connectivity index (χ3v) is 5.82. The minimum absolute atomic E-state index is 0.365. The standard InChI is InChI=1S/C23H22Cl2N6O/c1-30-5-7-31(8-6-30)20-4-3-18(12-21(20)32-2)28-23-27-14-19(25)22(29-23)16-9-15(13-26)10-17(24)11-16/h3-4,9-12,14H,5-8H2,1-2H3,(H,27,28,29). The van der Waals surface area contributed by atoms with Gasteiger partial charge in [-0.1, -0.05) is 23.2 Å². The molecule has 0 amide bonds. The summed E-state index contributed by atoms with van der Waals surface area (Å²) in [5.41, 5.74) is 3.42. The van der Waals surface area contributed by atoms with Gasteiger partial charge in [-0.15, -0.1) is 0 Å². The molecule has 1 aliphatic heterocycles. The summed E-state index contributed by atoms with van der Waals surface area (Å²) in [5, 5.41) is 13.2. The zero-order valence-corrected chi connectivity index (χ0v) is 19.3. The van der Waals surface area contributed by atoms with Crippen LogP contribution >= 0.6 is 23.2 Å². The van der Waals surface area contributed by atoms with Crippen molar-refractivity contribution >= 4 is 40.5 Å². The Balaban J connectivity index is 1.60. The van der Waals surface area contributed by atoms with Gasteiger partial charge in [0.25, 0.3) is 0 Å². The Hall–Kier alpha value is -3.05. The Morgan fingerprint density at radius 1 is 1.09 bits per heavy atom. The number of halogens is 2. The lowest BCUT2D eigenvalue weighted by atomic mass is 10.1. The van der Waals surface area contributed by atoms with Crippen LogP contribution in [0, 0.1) is 11.3 Å². The molecule has 0 aliphatic carbocycles. The fourth-order valence-electron chi connectivity index (χ4n) is 3.61. The number of nitrogens with zero attached hydrogens (tertiary/aromatic N) is 5. The Labute approximate surface area is 197 Å². The highest BCUT2D eigenvalue weighted by molar-refractivity contribution is 6.33. The molecule has 7 nitrogen and oxygen atoms in total. The van der Waals surface area contributed by atoms with E-state index in [1.165, 1.54) is 6.20 Å². The average molecular weight is 469 g/mol. The summed E-state index contributed by atoms with van der Waals surface area (Å²) in [5.74, 6) is 1.15. The number of hydrogen-bond donors (Lipinski definition) is 1. The van der Waals surface area contributed by atoms with Gasteiger partial charge in [-0.3, -0.25) is 0 Å². The van der Waals surface area contributed by atoms with Crippen molar-refractivity contribution in [2.45, 2.75) is 0 Å². The van der Waals surface area contributed by atoms with E-state index in [0.717, 1.165) is 43.3 Å². The molecule has 0 spiro atoms. The predicted octanol–water partition coefficient (Wildman–Crippen LogP) is 4.83. The van der Waals surface area contributed by atoms with Crippen LogP contribution in [-0.2, 0) is 0 Å². The molecule has 1 aliphatic rings. The fraction of sp³-hybridized carbons (Fsp3) is 0.261. The third-order valence-electron chi connectivity index (χ3n) is 5.32. The molecule has 1 saturated heterocycles. The summed E-state index contributed by atoms with van der Waals surface area (Å²) >= 11 is 12.5. The maximum Gasteiger partial charge on any atom is 0.227 e. The second-order valence-electron chi connectivity index (χ2n) is 7.53. The zero-order chi connectivity index (χ0) is 22.7. The molecule has 0 radical (unpaired) electrons. The number of ether oxygens (including phenoxy) is 1. The van der Waals surface area contributed by atoms with Gasteiger partial charge in [0.2, 0.25) is 5.95 Å². The van der Waals surface area contributed by atoms with Crippen molar-refractivity contribution in [1.82, 2.24) is 14.9 Å². The predicted molar refractivity (Wildman–Crippen MR) is 128 cm³/mol. The largest absolute Gasteiger partial charge is 0.495 e. The number of piperazine rings is 1. The molecule has 2 heterocycles. The minimum Gasteiger partial charge on any atom is -0.495 e. The first-order valence-corrected chi connectivity index (χ1v) is 10.8. The molecule has 1 aromatic heterocycles. The molecule has 2 aromatic carbocycles. The number of hydrogen-bond acceptors (Lipinski definition) is 7. The van der Waals surface area contributed by atoms with Gasteiger partial charge in [0.1, 0.15) is 5.75 Å². The van der Waals surface area contributed by atoms with Crippen LogP contribution in [0.5, 0.6) is 5.75 Å². The Kier molecular flexibility index (Phi) is 6.66. The number of benzene rings is 2. The van der Waals surface area contributed by atoms with Crippen LogP contribution < -0.4 is 15.0 Å². The minimum atomic E-state index is 0.365. The van der Waals surface area contributed by atoms with Gasteiger partial charge in [0.15, 0.2) is 0 Å². The smallest absolute Gasteiger partial charge is 0.227 e. The van der Waals surface area contributed by atoms with Crippen LogP contribution in [0.25, 0.3) is 11.3 Å². The number of nitriles is 1. The first-order chi connectivity index (χ1) is 15.5. The van der Waals surface area contributed by atoms with Gasteiger partial charge in [-0.05, 0) is 37.4 Å². The van der Waals surface area contributed by atoms with Crippen LogP contribution in [0.15, 0.2) is 42.6 Å². The van der Waals surface area contributed by atoms with Crippen molar-refractivity contribution in [1.29, 1.82) is 5.26 Å². The number of anilines is 3. The van der Waals surface area contributed by atoms with E-state index in [-0.39, 0.29) is 0 Å².